The molecule has 0 bridgehead atoms. The Balaban J connectivity index is 1.76. The topological polar surface area (TPSA) is 62.6 Å². The van der Waals surface area contributed by atoms with Crippen molar-refractivity contribution >= 4 is 34.7 Å². The number of furan rings is 1. The van der Waals surface area contributed by atoms with Crippen molar-refractivity contribution in [1.29, 1.82) is 0 Å². The molecule has 0 unspecified atom stereocenters. The number of para-hydroxylation sites is 2. The molecule has 156 valence electrons. The Morgan fingerprint density at radius 3 is 2.58 bits per heavy atom. The van der Waals surface area contributed by atoms with Gasteiger partial charge in [0.15, 0.2) is 5.78 Å². The van der Waals surface area contributed by atoms with E-state index in [1.54, 1.807) is 41.5 Å². The summed E-state index contributed by atoms with van der Waals surface area (Å²) in [6.07, 6.45) is 2.74. The van der Waals surface area contributed by atoms with Crippen LogP contribution < -0.4 is 10.2 Å². The maximum Gasteiger partial charge on any atom is 0.259 e. The van der Waals surface area contributed by atoms with Crippen molar-refractivity contribution in [3.63, 3.8) is 0 Å². The van der Waals surface area contributed by atoms with Gasteiger partial charge in [-0.1, -0.05) is 30.7 Å². The standard InChI is InChI=1S/C25H21ClN2O3/c1-15-13-19-23(21(29)14-15)24(22-7-4-12-31-22)28(20-6-3-2-5-18(20)27-19)25(30)16-8-10-17(26)11-9-16/h2-12,15,24,27H,13-14H2,1H3/t15-,24-/m0/s1. The Morgan fingerprint density at radius 1 is 1.06 bits per heavy atom. The summed E-state index contributed by atoms with van der Waals surface area (Å²) in [5.74, 6) is 0.578. The molecule has 0 spiro atoms. The van der Waals surface area contributed by atoms with Crippen LogP contribution in [0.5, 0.6) is 0 Å². The van der Waals surface area contributed by atoms with Crippen LogP contribution in [0.15, 0.2) is 82.6 Å². The van der Waals surface area contributed by atoms with E-state index in [9.17, 15) is 9.59 Å². The molecule has 5 nitrogen and oxygen atoms in total. The monoisotopic (exact) mass is 432 g/mol. The van der Waals surface area contributed by atoms with E-state index in [2.05, 4.69) is 12.2 Å². The number of carbonyl (C=O) groups excluding carboxylic acids is 2. The number of halogens is 1. The van der Waals surface area contributed by atoms with Gasteiger partial charge in [-0.15, -0.1) is 0 Å². The molecule has 0 fully saturated rings. The molecule has 31 heavy (non-hydrogen) atoms. The number of nitrogens with zero attached hydrogens (tertiary/aromatic N) is 1. The van der Waals surface area contributed by atoms with Gasteiger partial charge in [0.2, 0.25) is 0 Å². The molecule has 2 atom stereocenters. The first-order valence-corrected chi connectivity index (χ1v) is 10.7. The Morgan fingerprint density at radius 2 is 1.84 bits per heavy atom. The average Bonchev–Trinajstić information content (AvgIpc) is 3.23. The van der Waals surface area contributed by atoms with Crippen molar-refractivity contribution in [2.45, 2.75) is 25.8 Å². The molecule has 0 saturated carbocycles. The summed E-state index contributed by atoms with van der Waals surface area (Å²) in [5, 5.41) is 4.02. The quantitative estimate of drug-likeness (QED) is 0.539. The van der Waals surface area contributed by atoms with Gasteiger partial charge in [-0.2, -0.15) is 0 Å². The highest BCUT2D eigenvalue weighted by molar-refractivity contribution is 6.30. The fourth-order valence-corrected chi connectivity index (χ4v) is 4.58. The normalized spacial score (nSPS) is 20.6. The molecule has 5 rings (SSSR count). The minimum Gasteiger partial charge on any atom is -0.467 e. The molecular formula is C25H21ClN2O3. The second-order valence-electron chi connectivity index (χ2n) is 8.07. The van der Waals surface area contributed by atoms with E-state index in [1.807, 2.05) is 30.3 Å². The van der Waals surface area contributed by atoms with Gasteiger partial charge >= 0.3 is 0 Å². The first-order chi connectivity index (χ1) is 15.0. The van der Waals surface area contributed by atoms with E-state index in [1.165, 1.54) is 0 Å². The van der Waals surface area contributed by atoms with Crippen LogP contribution in [-0.2, 0) is 4.79 Å². The van der Waals surface area contributed by atoms with Gasteiger partial charge in [0.1, 0.15) is 11.8 Å². The zero-order valence-corrected chi connectivity index (χ0v) is 17.7. The van der Waals surface area contributed by atoms with Crippen molar-refractivity contribution in [1.82, 2.24) is 0 Å². The number of amides is 1. The molecule has 2 heterocycles. The average molecular weight is 433 g/mol. The van der Waals surface area contributed by atoms with Crippen molar-refractivity contribution in [3.8, 4) is 0 Å². The summed E-state index contributed by atoms with van der Waals surface area (Å²) in [5.41, 5.74) is 3.40. The number of allylic oxidation sites excluding steroid dienone is 1. The summed E-state index contributed by atoms with van der Waals surface area (Å²) in [4.78, 5) is 28.8. The molecule has 2 aromatic carbocycles. The molecule has 1 aliphatic heterocycles. The van der Waals surface area contributed by atoms with Crippen molar-refractivity contribution in [3.05, 3.63) is 94.5 Å². The molecule has 0 radical (unpaired) electrons. The highest BCUT2D eigenvalue weighted by Gasteiger charge is 2.42. The number of hydrogen-bond donors (Lipinski definition) is 1. The maximum absolute atomic E-state index is 13.9. The van der Waals surface area contributed by atoms with E-state index in [0.717, 1.165) is 17.8 Å². The number of fused-ring (bicyclic) bond motifs is 1. The lowest BCUT2D eigenvalue weighted by atomic mass is 9.83. The predicted octanol–water partition coefficient (Wildman–Crippen LogP) is 6.00. The van der Waals surface area contributed by atoms with Crippen LogP contribution in [0, 0.1) is 5.92 Å². The Labute approximate surface area is 185 Å². The van der Waals surface area contributed by atoms with E-state index >= 15 is 0 Å². The molecule has 0 saturated heterocycles. The molecular weight excluding hydrogens is 412 g/mol. The van der Waals surface area contributed by atoms with Gasteiger partial charge in [-0.25, -0.2) is 0 Å². The highest BCUT2D eigenvalue weighted by atomic mass is 35.5. The lowest BCUT2D eigenvalue weighted by Gasteiger charge is -2.33. The number of nitrogens with one attached hydrogen (secondary N) is 1. The first kappa shape index (κ1) is 19.6. The summed E-state index contributed by atoms with van der Waals surface area (Å²) in [6.45, 7) is 2.07. The van der Waals surface area contributed by atoms with Gasteiger partial charge < -0.3 is 9.73 Å². The summed E-state index contributed by atoms with van der Waals surface area (Å²) in [7, 11) is 0. The van der Waals surface area contributed by atoms with Crippen LogP contribution in [0.1, 0.15) is 41.9 Å². The van der Waals surface area contributed by atoms with E-state index in [4.69, 9.17) is 16.0 Å². The number of carbonyl (C=O) groups is 2. The number of Topliss-reactive ketones (excluding diaryl/α,β-unsaturated/α-hetero) is 1. The second-order valence-corrected chi connectivity index (χ2v) is 8.51. The number of hydrogen-bond acceptors (Lipinski definition) is 4. The van der Waals surface area contributed by atoms with Crippen LogP contribution in [0.2, 0.25) is 5.02 Å². The Bertz CT molecular complexity index is 1180. The van der Waals surface area contributed by atoms with Crippen LogP contribution in [0.25, 0.3) is 0 Å². The van der Waals surface area contributed by atoms with Crippen LogP contribution >= 0.6 is 11.6 Å². The molecule has 1 aliphatic carbocycles. The highest BCUT2D eigenvalue weighted by Crippen LogP contribution is 2.46. The third-order valence-corrected chi connectivity index (χ3v) is 6.07. The summed E-state index contributed by atoms with van der Waals surface area (Å²) in [6, 6.07) is 17.3. The summed E-state index contributed by atoms with van der Waals surface area (Å²) < 4.78 is 5.77. The van der Waals surface area contributed by atoms with Crippen molar-refractivity contribution < 1.29 is 14.0 Å². The zero-order valence-electron chi connectivity index (χ0n) is 17.0. The summed E-state index contributed by atoms with van der Waals surface area (Å²) >= 11 is 6.04. The van der Waals surface area contributed by atoms with Gasteiger partial charge in [-0.05, 0) is 60.9 Å². The number of ketones is 1. The van der Waals surface area contributed by atoms with Crippen molar-refractivity contribution in [2.24, 2.45) is 5.92 Å². The van der Waals surface area contributed by atoms with Gasteiger partial charge in [-0.3, -0.25) is 14.5 Å². The first-order valence-electron chi connectivity index (χ1n) is 10.3. The smallest absolute Gasteiger partial charge is 0.259 e. The van der Waals surface area contributed by atoms with Crippen LogP contribution in [0.3, 0.4) is 0 Å². The SMILES string of the molecule is C[C@@H]1CC(=O)C2=C(C1)Nc1ccccc1N(C(=O)c1ccc(Cl)cc1)[C@H]2c1ccco1. The lowest BCUT2D eigenvalue weighted by Crippen LogP contribution is -2.38. The molecule has 2 aliphatic rings. The Hall–Kier alpha value is -3.31. The molecule has 1 aromatic heterocycles. The van der Waals surface area contributed by atoms with E-state index in [-0.39, 0.29) is 17.6 Å². The number of rotatable bonds is 2. The fourth-order valence-electron chi connectivity index (χ4n) is 4.46. The van der Waals surface area contributed by atoms with Crippen LogP contribution in [-0.4, -0.2) is 11.7 Å². The number of benzene rings is 2. The van der Waals surface area contributed by atoms with Gasteiger partial charge in [0, 0.05) is 28.3 Å². The van der Waals surface area contributed by atoms with Gasteiger partial charge in [0.05, 0.1) is 17.6 Å². The molecule has 1 N–H and O–H groups in total. The fraction of sp³-hybridized carbons (Fsp3) is 0.200. The van der Waals surface area contributed by atoms with Crippen LogP contribution in [0.4, 0.5) is 11.4 Å². The minimum atomic E-state index is -0.663. The van der Waals surface area contributed by atoms with Crippen molar-refractivity contribution in [2.75, 3.05) is 10.2 Å². The lowest BCUT2D eigenvalue weighted by molar-refractivity contribution is -0.117. The number of anilines is 2. The maximum atomic E-state index is 13.9. The third kappa shape index (κ3) is 3.45. The molecule has 6 heteroatoms. The Kier molecular flexibility index (Phi) is 4.91. The molecule has 3 aromatic rings. The third-order valence-electron chi connectivity index (χ3n) is 5.82. The predicted molar refractivity (Wildman–Crippen MR) is 120 cm³/mol. The molecule has 1 amide bonds. The van der Waals surface area contributed by atoms with Gasteiger partial charge in [0.25, 0.3) is 5.91 Å². The minimum absolute atomic E-state index is 0.0318. The second kappa shape index (κ2) is 7.75. The largest absolute Gasteiger partial charge is 0.467 e. The van der Waals surface area contributed by atoms with E-state index < -0.39 is 6.04 Å². The van der Waals surface area contributed by atoms with E-state index in [0.29, 0.717) is 34.0 Å². The zero-order chi connectivity index (χ0) is 21.5.